The Morgan fingerprint density at radius 3 is 2.74 bits per heavy atom. The minimum atomic E-state index is 0.716. The second-order valence-corrected chi connectivity index (χ2v) is 5.11. The predicted molar refractivity (Wildman–Crippen MR) is 81.8 cm³/mol. The molecule has 106 valence electrons. The highest BCUT2D eigenvalue weighted by Gasteiger charge is 2.19. The minimum absolute atomic E-state index is 0.716. The molecule has 4 nitrogen and oxygen atoms in total. The molecule has 1 fully saturated rings. The molecule has 0 amide bonds. The fraction of sp³-hybridized carbons (Fsp3) is 0.600. The predicted octanol–water partition coefficient (Wildman–Crippen LogP) is 2.56. The Bertz CT molecular complexity index is 400. The zero-order valence-electron chi connectivity index (χ0n) is 12.0. The highest BCUT2D eigenvalue weighted by Crippen LogP contribution is 2.28. The van der Waals surface area contributed by atoms with Gasteiger partial charge in [-0.25, -0.2) is 0 Å². The average Bonchev–Trinajstić information content (AvgIpc) is 2.46. The van der Waals surface area contributed by atoms with Crippen LogP contribution in [0.5, 0.6) is 0 Å². The van der Waals surface area contributed by atoms with E-state index in [4.69, 9.17) is 10.5 Å². The lowest BCUT2D eigenvalue weighted by Gasteiger charge is -2.33. The summed E-state index contributed by atoms with van der Waals surface area (Å²) >= 11 is 0. The number of nitrogen functional groups attached to an aromatic ring is 1. The van der Waals surface area contributed by atoms with Gasteiger partial charge in [0.05, 0.1) is 11.4 Å². The lowest BCUT2D eigenvalue weighted by Crippen LogP contribution is -2.35. The number of anilines is 3. The van der Waals surface area contributed by atoms with Gasteiger partial charge in [0.25, 0.3) is 0 Å². The van der Waals surface area contributed by atoms with Crippen molar-refractivity contribution >= 4 is 17.1 Å². The van der Waals surface area contributed by atoms with E-state index >= 15 is 0 Å². The van der Waals surface area contributed by atoms with Crippen molar-refractivity contribution < 1.29 is 4.74 Å². The summed E-state index contributed by atoms with van der Waals surface area (Å²) in [5.41, 5.74) is 8.98. The second kappa shape index (κ2) is 6.66. The highest BCUT2D eigenvalue weighted by molar-refractivity contribution is 5.72. The van der Waals surface area contributed by atoms with Gasteiger partial charge in [0.15, 0.2) is 0 Å². The number of benzene rings is 1. The zero-order chi connectivity index (χ0) is 13.7. The molecule has 0 aromatic heterocycles. The lowest BCUT2D eigenvalue weighted by molar-refractivity contribution is 0.100. The second-order valence-electron chi connectivity index (χ2n) is 5.11. The fourth-order valence-corrected chi connectivity index (χ4v) is 2.60. The van der Waals surface area contributed by atoms with Gasteiger partial charge in [-0.15, -0.1) is 0 Å². The summed E-state index contributed by atoms with van der Waals surface area (Å²) in [7, 11) is 1.91. The van der Waals surface area contributed by atoms with Crippen LogP contribution in [0.25, 0.3) is 0 Å². The van der Waals surface area contributed by atoms with Crippen LogP contribution in [-0.4, -0.2) is 33.4 Å². The summed E-state index contributed by atoms with van der Waals surface area (Å²) in [5, 5.41) is 3.14. The van der Waals surface area contributed by atoms with Gasteiger partial charge in [0.1, 0.15) is 0 Å². The van der Waals surface area contributed by atoms with Crippen molar-refractivity contribution in [1.29, 1.82) is 0 Å². The molecule has 0 radical (unpaired) electrons. The normalized spacial score (nSPS) is 16.6. The maximum atomic E-state index is 5.91. The van der Waals surface area contributed by atoms with Crippen molar-refractivity contribution in [3.05, 3.63) is 18.2 Å². The van der Waals surface area contributed by atoms with Crippen LogP contribution >= 0.6 is 0 Å². The molecule has 0 spiro atoms. The van der Waals surface area contributed by atoms with Crippen molar-refractivity contribution in [1.82, 2.24) is 0 Å². The maximum absolute atomic E-state index is 5.91. The van der Waals surface area contributed by atoms with Gasteiger partial charge in [-0.2, -0.15) is 0 Å². The Morgan fingerprint density at radius 1 is 1.37 bits per heavy atom. The third-order valence-corrected chi connectivity index (χ3v) is 3.84. The van der Waals surface area contributed by atoms with Crippen LogP contribution in [0.3, 0.4) is 0 Å². The van der Waals surface area contributed by atoms with Gasteiger partial charge in [-0.3, -0.25) is 0 Å². The molecule has 0 saturated carbocycles. The standard InChI is InChI=1S/C15H25N3O/c1-3-19-11-12-6-8-18(9-7-12)13-4-5-14(16)15(10-13)17-2/h4-5,10,12,17H,3,6-9,11,16H2,1-2H3. The van der Waals surface area contributed by atoms with Crippen molar-refractivity contribution in [2.45, 2.75) is 19.8 Å². The van der Waals surface area contributed by atoms with Crippen molar-refractivity contribution in [2.24, 2.45) is 5.92 Å². The smallest absolute Gasteiger partial charge is 0.0592 e. The third-order valence-electron chi connectivity index (χ3n) is 3.84. The molecule has 19 heavy (non-hydrogen) atoms. The molecule has 0 atom stereocenters. The van der Waals surface area contributed by atoms with Crippen molar-refractivity contribution in [3.63, 3.8) is 0 Å². The Morgan fingerprint density at radius 2 is 2.11 bits per heavy atom. The van der Waals surface area contributed by atoms with Crippen LogP contribution < -0.4 is 16.0 Å². The molecule has 0 unspecified atom stereocenters. The Labute approximate surface area is 115 Å². The number of rotatable bonds is 5. The molecular formula is C15H25N3O. The molecule has 1 saturated heterocycles. The van der Waals surface area contributed by atoms with Crippen LogP contribution in [0.2, 0.25) is 0 Å². The van der Waals surface area contributed by atoms with Gasteiger partial charge in [-0.1, -0.05) is 0 Å². The molecule has 1 aromatic carbocycles. The van der Waals surface area contributed by atoms with Gasteiger partial charge in [0, 0.05) is 39.0 Å². The van der Waals surface area contributed by atoms with Crippen LogP contribution in [-0.2, 0) is 4.74 Å². The summed E-state index contributed by atoms with van der Waals surface area (Å²) in [6, 6.07) is 6.23. The monoisotopic (exact) mass is 263 g/mol. The third kappa shape index (κ3) is 3.53. The summed E-state index contributed by atoms with van der Waals surface area (Å²) < 4.78 is 5.52. The number of nitrogens with one attached hydrogen (secondary N) is 1. The van der Waals surface area contributed by atoms with E-state index in [9.17, 15) is 0 Å². The van der Waals surface area contributed by atoms with Gasteiger partial charge in [0.2, 0.25) is 0 Å². The number of piperidine rings is 1. The molecule has 2 rings (SSSR count). The first-order chi connectivity index (χ1) is 9.24. The van der Waals surface area contributed by atoms with E-state index in [0.29, 0.717) is 5.92 Å². The van der Waals surface area contributed by atoms with E-state index in [1.54, 1.807) is 0 Å². The first-order valence-corrected chi connectivity index (χ1v) is 7.14. The molecule has 0 aliphatic carbocycles. The summed E-state index contributed by atoms with van der Waals surface area (Å²) in [5.74, 6) is 0.716. The number of ether oxygens (including phenoxy) is 1. The van der Waals surface area contributed by atoms with Crippen LogP contribution in [0, 0.1) is 5.92 Å². The summed E-state index contributed by atoms with van der Waals surface area (Å²) in [6.07, 6.45) is 2.42. The largest absolute Gasteiger partial charge is 0.397 e. The SMILES string of the molecule is CCOCC1CCN(c2ccc(N)c(NC)c2)CC1. The van der Waals surface area contributed by atoms with Crippen molar-refractivity contribution in [2.75, 3.05) is 49.3 Å². The lowest BCUT2D eigenvalue weighted by atomic mass is 9.97. The fourth-order valence-electron chi connectivity index (χ4n) is 2.60. The number of hydrogen-bond acceptors (Lipinski definition) is 4. The molecule has 3 N–H and O–H groups in total. The molecular weight excluding hydrogens is 238 g/mol. The van der Waals surface area contributed by atoms with Crippen LogP contribution in [0.4, 0.5) is 17.1 Å². The molecule has 1 heterocycles. The Balaban J connectivity index is 1.94. The molecule has 4 heteroatoms. The quantitative estimate of drug-likeness (QED) is 0.802. The van der Waals surface area contributed by atoms with E-state index in [0.717, 1.165) is 37.7 Å². The van der Waals surface area contributed by atoms with E-state index in [1.165, 1.54) is 18.5 Å². The minimum Gasteiger partial charge on any atom is -0.397 e. The summed E-state index contributed by atoms with van der Waals surface area (Å²) in [4.78, 5) is 2.43. The van der Waals surface area contributed by atoms with Crippen LogP contribution in [0.1, 0.15) is 19.8 Å². The maximum Gasteiger partial charge on any atom is 0.0592 e. The number of nitrogens with zero attached hydrogens (tertiary/aromatic N) is 1. The highest BCUT2D eigenvalue weighted by atomic mass is 16.5. The Hall–Kier alpha value is -1.42. The zero-order valence-corrected chi connectivity index (χ0v) is 12.0. The van der Waals surface area contributed by atoms with Gasteiger partial charge in [-0.05, 0) is 43.9 Å². The van der Waals surface area contributed by atoms with E-state index in [2.05, 4.69) is 29.3 Å². The van der Waals surface area contributed by atoms with Gasteiger partial charge < -0.3 is 20.7 Å². The topological polar surface area (TPSA) is 50.5 Å². The number of nitrogens with two attached hydrogens (primary N) is 1. The molecule has 1 aliphatic heterocycles. The van der Waals surface area contributed by atoms with E-state index in [-0.39, 0.29) is 0 Å². The molecule has 1 aromatic rings. The van der Waals surface area contributed by atoms with Gasteiger partial charge >= 0.3 is 0 Å². The molecule has 1 aliphatic rings. The first-order valence-electron chi connectivity index (χ1n) is 7.14. The summed E-state index contributed by atoms with van der Waals surface area (Å²) in [6.45, 7) is 6.00. The van der Waals surface area contributed by atoms with Crippen molar-refractivity contribution in [3.8, 4) is 0 Å². The molecule has 0 bridgehead atoms. The van der Waals surface area contributed by atoms with E-state index < -0.39 is 0 Å². The number of hydrogen-bond donors (Lipinski definition) is 2. The first kappa shape index (κ1) is 14.0. The van der Waals surface area contributed by atoms with E-state index in [1.807, 2.05) is 13.1 Å². The van der Waals surface area contributed by atoms with Crippen LogP contribution in [0.15, 0.2) is 18.2 Å². The average molecular weight is 263 g/mol. The Kier molecular flexibility index (Phi) is 4.91.